The number of hydrogen-bond donors (Lipinski definition) is 0. The minimum atomic E-state index is -3.85. The van der Waals surface area contributed by atoms with Crippen molar-refractivity contribution in [1.29, 1.82) is 0 Å². The van der Waals surface area contributed by atoms with Crippen LogP contribution >= 0.6 is 0 Å². The van der Waals surface area contributed by atoms with E-state index in [-0.39, 0.29) is 15.5 Å². The minimum Gasteiger partial charge on any atom is -0.218 e. The predicted molar refractivity (Wildman–Crippen MR) is 78.6 cm³/mol. The molecule has 0 unspecified atom stereocenters. The van der Waals surface area contributed by atoms with E-state index in [2.05, 4.69) is 9.98 Å². The zero-order chi connectivity index (χ0) is 16.2. The minimum absolute atomic E-state index is 0.00329. The number of carbonyl (C=O) groups excluding carboxylic acids is 2. The molecular weight excluding hydrogens is 304 g/mol. The first-order chi connectivity index (χ1) is 10.5. The number of aliphatic imine (C=N–C) groups is 2. The Labute approximate surface area is 126 Å². The zero-order valence-corrected chi connectivity index (χ0v) is 12.3. The highest BCUT2D eigenvalue weighted by Gasteiger charge is 2.21. The molecule has 0 N–H and O–H groups in total. The van der Waals surface area contributed by atoms with Gasteiger partial charge in [-0.15, -0.1) is 0 Å². The van der Waals surface area contributed by atoms with Crippen molar-refractivity contribution in [1.82, 2.24) is 0 Å². The highest BCUT2D eigenvalue weighted by molar-refractivity contribution is 7.91. The van der Waals surface area contributed by atoms with Gasteiger partial charge in [0.15, 0.2) is 0 Å². The first-order valence-corrected chi connectivity index (χ1v) is 7.59. The predicted octanol–water partition coefficient (Wildman–Crippen LogP) is 2.76. The molecule has 22 heavy (non-hydrogen) atoms. The molecule has 7 heteroatoms. The molecule has 0 bridgehead atoms. The van der Waals surface area contributed by atoms with Gasteiger partial charge in [-0.05, 0) is 48.9 Å². The molecule has 0 saturated carbocycles. The smallest absolute Gasteiger partial charge is 0.218 e. The average molecular weight is 314 g/mol. The van der Waals surface area contributed by atoms with Crippen LogP contribution < -0.4 is 0 Å². The van der Waals surface area contributed by atoms with Crippen LogP contribution in [0.25, 0.3) is 0 Å². The van der Waals surface area contributed by atoms with Gasteiger partial charge in [-0.25, -0.2) is 18.0 Å². The maximum atomic E-state index is 12.6. The number of nitrogens with zero attached hydrogens (tertiary/aromatic N) is 2. The van der Waals surface area contributed by atoms with Gasteiger partial charge in [-0.1, -0.05) is 6.07 Å². The van der Waals surface area contributed by atoms with Crippen molar-refractivity contribution in [3.8, 4) is 0 Å². The van der Waals surface area contributed by atoms with Crippen LogP contribution in [0.1, 0.15) is 5.56 Å². The number of hydrogen-bond acceptors (Lipinski definition) is 6. The normalized spacial score (nSPS) is 10.4. The highest BCUT2D eigenvalue weighted by atomic mass is 32.2. The maximum absolute atomic E-state index is 12.6. The molecule has 0 aliphatic carbocycles. The Bertz CT molecular complexity index is 905. The van der Waals surface area contributed by atoms with Crippen LogP contribution in [0.5, 0.6) is 0 Å². The summed E-state index contributed by atoms with van der Waals surface area (Å²) >= 11 is 0. The fourth-order valence-electron chi connectivity index (χ4n) is 1.87. The summed E-state index contributed by atoms with van der Waals surface area (Å²) in [5.74, 6) is 0. The number of aryl methyl sites for hydroxylation is 1. The Morgan fingerprint density at radius 2 is 1.55 bits per heavy atom. The van der Waals surface area contributed by atoms with Crippen LogP contribution in [-0.4, -0.2) is 20.6 Å². The monoisotopic (exact) mass is 314 g/mol. The third-order valence-corrected chi connectivity index (χ3v) is 4.71. The Balaban J connectivity index is 2.59. The maximum Gasteiger partial charge on any atom is 0.240 e. The van der Waals surface area contributed by atoms with Gasteiger partial charge < -0.3 is 0 Å². The van der Waals surface area contributed by atoms with E-state index in [0.717, 1.165) is 5.56 Å². The second-order valence-electron chi connectivity index (χ2n) is 4.37. The van der Waals surface area contributed by atoms with E-state index in [0.29, 0.717) is 5.69 Å². The summed E-state index contributed by atoms with van der Waals surface area (Å²) in [4.78, 5) is 27.4. The summed E-state index contributed by atoms with van der Waals surface area (Å²) in [6, 6.07) is 9.89. The molecule has 2 aromatic rings. The molecule has 2 aromatic carbocycles. The Morgan fingerprint density at radius 3 is 2.14 bits per heavy atom. The standard InChI is InChI=1S/C15H10N2O4S/c1-11-2-7-15(14(8-11)17-10-19)22(20,21)13-5-3-12(4-6-13)16-9-18/h2-8H,1H3. The van der Waals surface area contributed by atoms with Gasteiger partial charge in [0.05, 0.1) is 21.2 Å². The summed E-state index contributed by atoms with van der Waals surface area (Å²) in [6.45, 7) is 1.76. The molecule has 0 aliphatic rings. The Hall–Kier alpha value is -2.85. The number of isocyanates is 2. The molecule has 0 atom stereocenters. The fourth-order valence-corrected chi connectivity index (χ4v) is 3.25. The average Bonchev–Trinajstić information content (AvgIpc) is 2.48. The Kier molecular flexibility index (Phi) is 4.44. The van der Waals surface area contributed by atoms with Crippen LogP contribution in [0.3, 0.4) is 0 Å². The Morgan fingerprint density at radius 1 is 0.909 bits per heavy atom. The van der Waals surface area contributed by atoms with Gasteiger partial charge in [0, 0.05) is 0 Å². The highest BCUT2D eigenvalue weighted by Crippen LogP contribution is 2.31. The van der Waals surface area contributed by atoms with E-state index in [1.54, 1.807) is 13.0 Å². The lowest BCUT2D eigenvalue weighted by Gasteiger charge is -2.08. The van der Waals surface area contributed by atoms with E-state index in [1.165, 1.54) is 48.6 Å². The lowest BCUT2D eigenvalue weighted by Crippen LogP contribution is -2.02. The topological polar surface area (TPSA) is 93.0 Å². The summed E-state index contributed by atoms with van der Waals surface area (Å²) in [7, 11) is -3.85. The number of rotatable bonds is 4. The van der Waals surface area contributed by atoms with E-state index in [1.807, 2.05) is 0 Å². The van der Waals surface area contributed by atoms with Gasteiger partial charge in [-0.3, -0.25) is 0 Å². The van der Waals surface area contributed by atoms with Crippen molar-refractivity contribution < 1.29 is 18.0 Å². The summed E-state index contributed by atoms with van der Waals surface area (Å²) in [5, 5.41) is 0. The lowest BCUT2D eigenvalue weighted by atomic mass is 10.2. The molecule has 0 saturated heterocycles. The van der Waals surface area contributed by atoms with Crippen molar-refractivity contribution in [2.75, 3.05) is 0 Å². The van der Waals surface area contributed by atoms with Gasteiger partial charge in [-0.2, -0.15) is 9.98 Å². The molecule has 0 fully saturated rings. The van der Waals surface area contributed by atoms with Gasteiger partial charge in [0.2, 0.25) is 22.0 Å². The summed E-state index contributed by atoms with van der Waals surface area (Å²) < 4.78 is 25.2. The van der Waals surface area contributed by atoms with E-state index >= 15 is 0 Å². The molecule has 6 nitrogen and oxygen atoms in total. The molecule has 0 aliphatic heterocycles. The largest absolute Gasteiger partial charge is 0.240 e. The summed E-state index contributed by atoms with van der Waals surface area (Å²) in [6.07, 6.45) is 2.73. The molecule has 0 amide bonds. The molecule has 0 spiro atoms. The second kappa shape index (κ2) is 6.28. The SMILES string of the molecule is Cc1ccc(S(=O)(=O)c2ccc(N=C=O)cc2)c(N=C=O)c1. The summed E-state index contributed by atoms with van der Waals surface area (Å²) in [5.41, 5.74) is 1.09. The number of sulfone groups is 1. The van der Waals surface area contributed by atoms with Crippen LogP contribution in [0, 0.1) is 6.92 Å². The van der Waals surface area contributed by atoms with Crippen molar-refractivity contribution in [2.45, 2.75) is 16.7 Å². The van der Waals surface area contributed by atoms with Crippen LogP contribution in [0.15, 0.2) is 62.2 Å². The van der Waals surface area contributed by atoms with E-state index in [4.69, 9.17) is 0 Å². The molecule has 110 valence electrons. The molecule has 0 heterocycles. The lowest BCUT2D eigenvalue weighted by molar-refractivity contribution is 0.564. The third kappa shape index (κ3) is 3.07. The van der Waals surface area contributed by atoms with Crippen molar-refractivity contribution in [3.63, 3.8) is 0 Å². The van der Waals surface area contributed by atoms with Crippen LogP contribution in [0.2, 0.25) is 0 Å². The van der Waals surface area contributed by atoms with E-state index < -0.39 is 9.84 Å². The number of benzene rings is 2. The third-order valence-electron chi connectivity index (χ3n) is 2.89. The molecule has 0 aromatic heterocycles. The van der Waals surface area contributed by atoms with E-state index in [9.17, 15) is 18.0 Å². The fraction of sp³-hybridized carbons (Fsp3) is 0.0667. The van der Waals surface area contributed by atoms with Crippen LogP contribution in [0.4, 0.5) is 11.4 Å². The molecule has 2 rings (SSSR count). The first kappa shape index (κ1) is 15.5. The van der Waals surface area contributed by atoms with Crippen molar-refractivity contribution in [3.05, 3.63) is 48.0 Å². The quantitative estimate of drug-likeness (QED) is 0.640. The molecular formula is C15H10N2O4S. The zero-order valence-electron chi connectivity index (χ0n) is 11.5. The van der Waals surface area contributed by atoms with Gasteiger partial charge >= 0.3 is 0 Å². The van der Waals surface area contributed by atoms with Gasteiger partial charge in [0.1, 0.15) is 0 Å². The van der Waals surface area contributed by atoms with Gasteiger partial charge in [0.25, 0.3) is 0 Å². The molecule has 0 radical (unpaired) electrons. The van der Waals surface area contributed by atoms with Crippen molar-refractivity contribution >= 4 is 33.4 Å². The van der Waals surface area contributed by atoms with Crippen LogP contribution in [-0.2, 0) is 19.4 Å². The van der Waals surface area contributed by atoms with Crippen molar-refractivity contribution in [2.24, 2.45) is 9.98 Å². The second-order valence-corrected chi connectivity index (χ2v) is 6.29. The first-order valence-electron chi connectivity index (χ1n) is 6.10.